The van der Waals surface area contributed by atoms with Crippen LogP contribution in [0.2, 0.25) is 0 Å². The fourth-order valence-corrected chi connectivity index (χ4v) is 1.80. The van der Waals surface area contributed by atoms with Gasteiger partial charge in [-0.2, -0.15) is 5.10 Å². The van der Waals surface area contributed by atoms with Crippen LogP contribution in [0.4, 0.5) is 5.88 Å². The first-order chi connectivity index (χ1) is 8.90. The van der Waals surface area contributed by atoms with Gasteiger partial charge in [0.05, 0.1) is 6.10 Å². The minimum absolute atomic E-state index is 0.124. The van der Waals surface area contributed by atoms with Crippen molar-refractivity contribution in [2.24, 2.45) is 10.5 Å². The van der Waals surface area contributed by atoms with Crippen LogP contribution in [-0.4, -0.2) is 35.7 Å². The standard InChI is InChI=1S/C14H23N3O2/c1-5-11-6-7-13(19-11)17-10-16(9-15-17)8-12(18)14(2,3)4/h6-7,9,12,18H,5,8,10H2,1-4H3. The van der Waals surface area contributed by atoms with Gasteiger partial charge in [-0.05, 0) is 11.5 Å². The van der Waals surface area contributed by atoms with Crippen molar-refractivity contribution in [3.05, 3.63) is 17.9 Å². The summed E-state index contributed by atoms with van der Waals surface area (Å²) in [7, 11) is 0. The molecule has 1 aliphatic rings. The van der Waals surface area contributed by atoms with Gasteiger partial charge in [-0.25, -0.2) is 5.01 Å². The Kier molecular flexibility index (Phi) is 3.85. The molecule has 0 amide bonds. The molecular weight excluding hydrogens is 242 g/mol. The third kappa shape index (κ3) is 3.29. The Hall–Kier alpha value is -1.49. The first kappa shape index (κ1) is 13.9. The summed E-state index contributed by atoms with van der Waals surface area (Å²) in [4.78, 5) is 1.99. The average molecular weight is 265 g/mol. The number of rotatable bonds is 4. The molecule has 1 aliphatic heterocycles. The number of anilines is 1. The van der Waals surface area contributed by atoms with Crippen LogP contribution >= 0.6 is 0 Å². The van der Waals surface area contributed by atoms with Crippen molar-refractivity contribution in [3.8, 4) is 0 Å². The number of aliphatic hydroxyl groups is 1. The highest BCUT2D eigenvalue weighted by molar-refractivity contribution is 5.61. The number of β-amino-alcohol motifs (C(OH)–C–C–N with tert-alkyl or cyclic N) is 1. The predicted molar refractivity (Wildman–Crippen MR) is 76.1 cm³/mol. The van der Waals surface area contributed by atoms with Crippen LogP contribution in [0.25, 0.3) is 0 Å². The Bertz CT molecular complexity index is 448. The van der Waals surface area contributed by atoms with Gasteiger partial charge in [-0.15, -0.1) is 0 Å². The van der Waals surface area contributed by atoms with Crippen LogP contribution in [0.3, 0.4) is 0 Å². The van der Waals surface area contributed by atoms with Gasteiger partial charge < -0.3 is 14.4 Å². The van der Waals surface area contributed by atoms with Gasteiger partial charge in [0.25, 0.3) is 0 Å². The highest BCUT2D eigenvalue weighted by Crippen LogP contribution is 2.23. The predicted octanol–water partition coefficient (Wildman–Crippen LogP) is 2.27. The van der Waals surface area contributed by atoms with Crippen molar-refractivity contribution in [3.63, 3.8) is 0 Å². The fourth-order valence-electron chi connectivity index (χ4n) is 1.80. The number of furan rings is 1. The van der Waals surface area contributed by atoms with Gasteiger partial charge in [0.15, 0.2) is 0 Å². The van der Waals surface area contributed by atoms with E-state index in [-0.39, 0.29) is 11.5 Å². The first-order valence-corrected chi connectivity index (χ1v) is 6.72. The smallest absolute Gasteiger partial charge is 0.217 e. The molecule has 106 valence electrons. The Morgan fingerprint density at radius 3 is 2.74 bits per heavy atom. The molecule has 1 aromatic heterocycles. The summed E-state index contributed by atoms with van der Waals surface area (Å²) in [6.45, 7) is 9.34. The molecule has 0 aromatic carbocycles. The summed E-state index contributed by atoms with van der Waals surface area (Å²) >= 11 is 0. The highest BCUT2D eigenvalue weighted by Gasteiger charge is 2.26. The van der Waals surface area contributed by atoms with E-state index >= 15 is 0 Å². The second-order valence-corrected chi connectivity index (χ2v) is 6.02. The van der Waals surface area contributed by atoms with Gasteiger partial charge >= 0.3 is 0 Å². The Balaban J connectivity index is 1.92. The van der Waals surface area contributed by atoms with Crippen LogP contribution in [-0.2, 0) is 6.42 Å². The lowest BCUT2D eigenvalue weighted by Crippen LogP contribution is -2.39. The quantitative estimate of drug-likeness (QED) is 0.907. The van der Waals surface area contributed by atoms with Gasteiger partial charge in [0, 0.05) is 19.0 Å². The summed E-state index contributed by atoms with van der Waals surface area (Å²) in [5, 5.41) is 16.2. The number of aryl methyl sites for hydroxylation is 1. The topological polar surface area (TPSA) is 52.2 Å². The average Bonchev–Trinajstić information content (AvgIpc) is 2.95. The number of aliphatic hydroxyl groups excluding tert-OH is 1. The van der Waals surface area contributed by atoms with Crippen molar-refractivity contribution in [2.45, 2.75) is 40.2 Å². The zero-order chi connectivity index (χ0) is 14.0. The Morgan fingerprint density at radius 2 is 2.16 bits per heavy atom. The molecule has 0 saturated carbocycles. The van der Waals surface area contributed by atoms with E-state index in [0.717, 1.165) is 18.1 Å². The molecule has 5 heteroatoms. The third-order valence-electron chi connectivity index (χ3n) is 3.33. The van der Waals surface area contributed by atoms with Gasteiger partial charge in [0.2, 0.25) is 5.88 Å². The number of nitrogens with zero attached hydrogens (tertiary/aromatic N) is 3. The van der Waals surface area contributed by atoms with E-state index in [2.05, 4.69) is 12.0 Å². The summed E-state index contributed by atoms with van der Waals surface area (Å²) in [5.74, 6) is 1.71. The molecule has 0 fully saturated rings. The lowest BCUT2D eigenvalue weighted by molar-refractivity contribution is 0.0466. The zero-order valence-electron chi connectivity index (χ0n) is 12.1. The van der Waals surface area contributed by atoms with E-state index < -0.39 is 0 Å². The zero-order valence-corrected chi connectivity index (χ0v) is 12.1. The van der Waals surface area contributed by atoms with Gasteiger partial charge in [0.1, 0.15) is 18.8 Å². The summed E-state index contributed by atoms with van der Waals surface area (Å²) in [6, 6.07) is 3.90. The van der Waals surface area contributed by atoms with Crippen LogP contribution in [0.15, 0.2) is 21.7 Å². The molecule has 0 saturated heterocycles. The van der Waals surface area contributed by atoms with Gasteiger partial charge in [-0.1, -0.05) is 27.7 Å². The molecule has 2 rings (SSSR count). The van der Waals surface area contributed by atoms with Gasteiger partial charge in [-0.3, -0.25) is 0 Å². The molecule has 19 heavy (non-hydrogen) atoms. The van der Waals surface area contributed by atoms with E-state index in [9.17, 15) is 5.11 Å². The van der Waals surface area contributed by atoms with E-state index in [4.69, 9.17) is 4.42 Å². The second-order valence-electron chi connectivity index (χ2n) is 6.02. The van der Waals surface area contributed by atoms with Crippen molar-refractivity contribution >= 4 is 12.2 Å². The second kappa shape index (κ2) is 5.25. The van der Waals surface area contributed by atoms with E-state index in [0.29, 0.717) is 13.2 Å². The molecule has 0 radical (unpaired) electrons. The summed E-state index contributed by atoms with van der Waals surface area (Å²) in [5.41, 5.74) is -0.124. The van der Waals surface area contributed by atoms with Crippen LogP contribution in [0, 0.1) is 5.41 Å². The molecule has 1 unspecified atom stereocenters. The molecule has 5 nitrogen and oxygen atoms in total. The normalized spacial score (nSPS) is 17.3. The molecular formula is C14H23N3O2. The van der Waals surface area contributed by atoms with E-state index in [1.165, 1.54) is 0 Å². The summed E-state index contributed by atoms with van der Waals surface area (Å²) in [6.07, 6.45) is 2.24. The van der Waals surface area contributed by atoms with Crippen molar-refractivity contribution in [2.75, 3.05) is 18.2 Å². The fraction of sp³-hybridized carbons (Fsp3) is 0.643. The molecule has 1 aromatic rings. The maximum atomic E-state index is 10.1. The Labute approximate surface area is 114 Å². The van der Waals surface area contributed by atoms with Crippen molar-refractivity contribution in [1.29, 1.82) is 0 Å². The molecule has 1 atom stereocenters. The van der Waals surface area contributed by atoms with Crippen LogP contribution < -0.4 is 5.01 Å². The SMILES string of the molecule is CCc1ccc(N2CN(CC(O)C(C)(C)C)C=N2)o1. The maximum Gasteiger partial charge on any atom is 0.217 e. The Morgan fingerprint density at radius 1 is 1.42 bits per heavy atom. The van der Waals surface area contributed by atoms with Crippen molar-refractivity contribution < 1.29 is 9.52 Å². The monoisotopic (exact) mass is 265 g/mol. The highest BCUT2D eigenvalue weighted by atomic mass is 16.4. The molecule has 0 bridgehead atoms. The number of hydrogen-bond acceptors (Lipinski definition) is 5. The minimum Gasteiger partial charge on any atom is -0.444 e. The molecule has 0 spiro atoms. The van der Waals surface area contributed by atoms with Crippen LogP contribution in [0.5, 0.6) is 0 Å². The van der Waals surface area contributed by atoms with E-state index in [1.54, 1.807) is 11.3 Å². The van der Waals surface area contributed by atoms with Crippen molar-refractivity contribution in [1.82, 2.24) is 4.90 Å². The number of hydrogen-bond donors (Lipinski definition) is 1. The summed E-state index contributed by atoms with van der Waals surface area (Å²) < 4.78 is 5.66. The molecule has 2 heterocycles. The maximum absolute atomic E-state index is 10.1. The van der Waals surface area contributed by atoms with Crippen LogP contribution in [0.1, 0.15) is 33.5 Å². The van der Waals surface area contributed by atoms with E-state index in [1.807, 2.05) is 37.8 Å². The largest absolute Gasteiger partial charge is 0.444 e. The molecule has 0 aliphatic carbocycles. The third-order valence-corrected chi connectivity index (χ3v) is 3.33. The lowest BCUT2D eigenvalue weighted by Gasteiger charge is -2.29. The first-order valence-electron chi connectivity index (χ1n) is 6.72. The molecule has 1 N–H and O–H groups in total. The lowest BCUT2D eigenvalue weighted by atomic mass is 9.89. The minimum atomic E-state index is -0.387. The number of hydrazone groups is 1.